The van der Waals surface area contributed by atoms with Gasteiger partial charge in [0.15, 0.2) is 9.84 Å². The van der Waals surface area contributed by atoms with Crippen molar-refractivity contribution in [3.8, 4) is 5.75 Å². The van der Waals surface area contributed by atoms with Crippen LogP contribution in [0.1, 0.15) is 68.9 Å². The lowest BCUT2D eigenvalue weighted by molar-refractivity contribution is -0.166. The van der Waals surface area contributed by atoms with Crippen molar-refractivity contribution in [2.24, 2.45) is 0 Å². The number of carboxylic acid groups (broad SMARTS) is 2. The summed E-state index contributed by atoms with van der Waals surface area (Å²) < 4.78 is 39.2. The van der Waals surface area contributed by atoms with E-state index in [4.69, 9.17) is 19.9 Å². The number of sulfone groups is 1. The number of anilines is 1. The Bertz CT molecular complexity index is 1820. The van der Waals surface area contributed by atoms with E-state index >= 15 is 0 Å². The number of ether oxygens (including phenoxy) is 3. The smallest absolute Gasteiger partial charge is 0.349 e. The van der Waals surface area contributed by atoms with Crippen LogP contribution in [0, 0.1) is 13.8 Å². The molecule has 0 radical (unpaired) electrons. The summed E-state index contributed by atoms with van der Waals surface area (Å²) in [7, 11) is -2.10. The first kappa shape index (κ1) is 41.9. The number of benzene rings is 3. The third kappa shape index (κ3) is 11.3. The van der Waals surface area contributed by atoms with Gasteiger partial charge in [0.1, 0.15) is 5.75 Å². The molecular formula is C37H45N3O12S. The zero-order valence-corrected chi connectivity index (χ0v) is 31.0. The molecule has 0 spiro atoms. The molecule has 3 aromatic carbocycles. The van der Waals surface area contributed by atoms with Crippen LogP contribution in [0.3, 0.4) is 0 Å². The number of likely N-dealkylation sites (N-methyl/N-ethyl adjacent to an activating group) is 1. The van der Waals surface area contributed by atoms with E-state index < -0.39 is 45.9 Å². The SMILES string of the molecule is CCN1CCC[C@H]1CNC(=O)c1cc(S(=O)(=O)CC)c(N)cc1OC.Cc1ccc(C(=O)O[C@@H](C(=O)O)[C@@H](OC(=O)c2ccc(C)cc2)C(=O)O)cc1. The molecule has 0 unspecified atom stereocenters. The van der Waals surface area contributed by atoms with Gasteiger partial charge in [-0.05, 0) is 70.1 Å². The van der Waals surface area contributed by atoms with Gasteiger partial charge >= 0.3 is 23.9 Å². The molecule has 4 rings (SSSR count). The van der Waals surface area contributed by atoms with Gasteiger partial charge in [0.05, 0.1) is 40.1 Å². The predicted octanol–water partition coefficient (Wildman–Crippen LogP) is 3.51. The summed E-state index contributed by atoms with van der Waals surface area (Å²) >= 11 is 0. The summed E-state index contributed by atoms with van der Waals surface area (Å²) in [5, 5.41) is 21.5. The highest BCUT2D eigenvalue weighted by Crippen LogP contribution is 2.29. The fraction of sp³-hybridized carbons (Fsp3) is 0.378. The number of nitrogen functional groups attached to an aromatic ring is 1. The summed E-state index contributed by atoms with van der Waals surface area (Å²) in [6.45, 7) is 9.74. The third-order valence-corrected chi connectivity index (χ3v) is 10.3. The monoisotopic (exact) mass is 755 g/mol. The fourth-order valence-electron chi connectivity index (χ4n) is 5.42. The lowest BCUT2D eigenvalue weighted by atomic mass is 10.1. The average molecular weight is 756 g/mol. The number of hydrogen-bond donors (Lipinski definition) is 4. The van der Waals surface area contributed by atoms with Crippen LogP contribution in [0.15, 0.2) is 65.6 Å². The van der Waals surface area contributed by atoms with E-state index in [2.05, 4.69) is 17.1 Å². The Morgan fingerprint density at radius 3 is 1.77 bits per heavy atom. The van der Waals surface area contributed by atoms with Crippen molar-refractivity contribution in [1.82, 2.24) is 10.2 Å². The number of rotatable bonds is 14. The van der Waals surface area contributed by atoms with Gasteiger partial charge in [-0.15, -0.1) is 0 Å². The lowest BCUT2D eigenvalue weighted by Crippen LogP contribution is -2.45. The molecule has 1 aliphatic rings. The highest BCUT2D eigenvalue weighted by molar-refractivity contribution is 7.91. The number of esters is 2. The van der Waals surface area contributed by atoms with E-state index in [0.717, 1.165) is 37.1 Å². The van der Waals surface area contributed by atoms with Crippen molar-refractivity contribution < 1.29 is 56.8 Å². The molecule has 3 atom stereocenters. The van der Waals surface area contributed by atoms with Gasteiger partial charge in [-0.25, -0.2) is 27.6 Å². The third-order valence-electron chi connectivity index (χ3n) is 8.50. The number of aryl methyl sites for hydroxylation is 2. The Morgan fingerprint density at radius 1 is 0.868 bits per heavy atom. The minimum Gasteiger partial charge on any atom is -0.496 e. The highest BCUT2D eigenvalue weighted by Gasteiger charge is 2.41. The number of aliphatic carboxylic acids is 2. The van der Waals surface area contributed by atoms with Crippen LogP contribution in [0.4, 0.5) is 5.69 Å². The summed E-state index contributed by atoms with van der Waals surface area (Å²) in [5.74, 6) is -5.79. The molecule has 1 aliphatic heterocycles. The molecule has 1 fully saturated rings. The Balaban J connectivity index is 0.000000287. The molecule has 0 bridgehead atoms. The molecule has 53 heavy (non-hydrogen) atoms. The zero-order chi connectivity index (χ0) is 39.5. The molecular weight excluding hydrogens is 710 g/mol. The van der Waals surface area contributed by atoms with Crippen LogP contribution in [0.2, 0.25) is 0 Å². The molecule has 15 nitrogen and oxygen atoms in total. The Hall–Kier alpha value is -5.48. The van der Waals surface area contributed by atoms with Gasteiger partial charge < -0.3 is 35.5 Å². The van der Waals surface area contributed by atoms with Gasteiger partial charge in [-0.3, -0.25) is 9.69 Å². The van der Waals surface area contributed by atoms with Crippen LogP contribution in [-0.4, -0.2) is 104 Å². The Kier molecular flexibility index (Phi) is 14.9. The van der Waals surface area contributed by atoms with Crippen molar-refractivity contribution in [2.45, 2.75) is 63.7 Å². The normalized spacial score (nSPS) is 15.2. The maximum absolute atomic E-state index is 12.6. The molecule has 1 amide bonds. The number of carbonyl (C=O) groups is 5. The Labute approximate surface area is 307 Å². The van der Waals surface area contributed by atoms with E-state index in [9.17, 15) is 42.6 Å². The molecule has 5 N–H and O–H groups in total. The predicted molar refractivity (Wildman–Crippen MR) is 194 cm³/mol. The van der Waals surface area contributed by atoms with E-state index in [1.807, 2.05) is 0 Å². The number of likely N-dealkylation sites (tertiary alicyclic amines) is 1. The maximum Gasteiger partial charge on any atom is 0.349 e. The number of methoxy groups -OCH3 is 1. The quantitative estimate of drug-likeness (QED) is 0.136. The highest BCUT2D eigenvalue weighted by atomic mass is 32.2. The van der Waals surface area contributed by atoms with Gasteiger partial charge in [-0.1, -0.05) is 49.2 Å². The Morgan fingerprint density at radius 2 is 1.36 bits per heavy atom. The molecule has 286 valence electrons. The topological polar surface area (TPSA) is 229 Å². The lowest BCUT2D eigenvalue weighted by Gasteiger charge is -2.23. The van der Waals surface area contributed by atoms with Crippen LogP contribution >= 0.6 is 0 Å². The largest absolute Gasteiger partial charge is 0.496 e. The van der Waals surface area contributed by atoms with Gasteiger partial charge in [0, 0.05) is 18.7 Å². The molecule has 0 aromatic heterocycles. The van der Waals surface area contributed by atoms with E-state index in [1.54, 1.807) is 38.1 Å². The van der Waals surface area contributed by atoms with E-state index in [0.29, 0.717) is 12.6 Å². The molecule has 0 saturated carbocycles. The summed E-state index contributed by atoms with van der Waals surface area (Å²) in [6.07, 6.45) is -2.28. The summed E-state index contributed by atoms with van der Waals surface area (Å²) in [4.78, 5) is 62.2. The average Bonchev–Trinajstić information content (AvgIpc) is 3.60. The minimum absolute atomic E-state index is 0.0306. The summed E-state index contributed by atoms with van der Waals surface area (Å²) in [5.41, 5.74) is 7.90. The van der Waals surface area contributed by atoms with Gasteiger partial charge in [-0.2, -0.15) is 0 Å². The van der Waals surface area contributed by atoms with Crippen molar-refractivity contribution >= 4 is 45.3 Å². The maximum atomic E-state index is 12.6. The molecule has 3 aromatic rings. The van der Waals surface area contributed by atoms with Crippen LogP contribution in [-0.2, 0) is 28.9 Å². The first-order valence-electron chi connectivity index (χ1n) is 16.8. The molecule has 1 heterocycles. The minimum atomic E-state index is -3.52. The number of carbonyl (C=O) groups excluding carboxylic acids is 3. The number of hydrogen-bond acceptors (Lipinski definition) is 12. The molecule has 1 saturated heterocycles. The van der Waals surface area contributed by atoms with Crippen LogP contribution in [0.5, 0.6) is 5.75 Å². The fourth-order valence-corrected chi connectivity index (χ4v) is 6.45. The van der Waals surface area contributed by atoms with Crippen molar-refractivity contribution in [3.05, 3.63) is 88.5 Å². The van der Waals surface area contributed by atoms with Gasteiger partial charge in [0.2, 0.25) is 12.2 Å². The standard InChI is InChI=1S/C20H18O8.C17H27N3O4S/c1-11-3-7-13(8-4-11)19(25)27-15(17(21)22)16(18(23)24)28-20(26)14-9-5-12(2)6-10-14;1-4-20-8-6-7-12(20)11-19-17(21)13-9-16(25(22,23)5-2)14(18)10-15(13)24-3/h3-10,15-16H,1-2H3,(H,21,22)(H,23,24);9-10,12H,4-8,11,18H2,1-3H3,(H,19,21)/t15-,16-;12-/m10/s1. The van der Waals surface area contributed by atoms with Crippen molar-refractivity contribution in [3.63, 3.8) is 0 Å². The second kappa shape index (κ2) is 18.8. The van der Waals surface area contributed by atoms with Crippen LogP contribution < -0.4 is 15.8 Å². The first-order valence-corrected chi connectivity index (χ1v) is 18.4. The number of nitrogens with zero attached hydrogens (tertiary/aromatic N) is 1. The second-order valence-electron chi connectivity index (χ2n) is 12.2. The van der Waals surface area contributed by atoms with Gasteiger partial charge in [0.25, 0.3) is 5.91 Å². The van der Waals surface area contributed by atoms with Crippen molar-refractivity contribution in [1.29, 1.82) is 0 Å². The first-order chi connectivity index (χ1) is 25.0. The van der Waals surface area contributed by atoms with Crippen molar-refractivity contribution in [2.75, 3.05) is 38.2 Å². The second-order valence-corrected chi connectivity index (χ2v) is 14.4. The number of amides is 1. The number of nitrogens with two attached hydrogens (primary N) is 1. The zero-order valence-electron chi connectivity index (χ0n) is 30.2. The van der Waals surface area contributed by atoms with E-state index in [-0.39, 0.29) is 44.7 Å². The van der Waals surface area contributed by atoms with E-state index in [1.165, 1.54) is 50.4 Å². The molecule has 0 aliphatic carbocycles. The number of nitrogens with one attached hydrogen (secondary N) is 1. The van der Waals surface area contributed by atoms with Crippen LogP contribution in [0.25, 0.3) is 0 Å². The number of carboxylic acids is 2. The summed E-state index contributed by atoms with van der Waals surface area (Å²) in [6, 6.07) is 15.1. The molecule has 16 heteroatoms.